The summed E-state index contributed by atoms with van der Waals surface area (Å²) >= 11 is 0. The molecule has 1 unspecified atom stereocenters. The van der Waals surface area contributed by atoms with Crippen LogP contribution >= 0.6 is 0 Å². The zero-order chi connectivity index (χ0) is 15.4. The summed E-state index contributed by atoms with van der Waals surface area (Å²) in [6.07, 6.45) is 2.71. The normalized spacial score (nSPS) is 22.6. The van der Waals surface area contributed by atoms with Crippen LogP contribution in [0.4, 0.5) is 0 Å². The minimum absolute atomic E-state index is 0.0617. The van der Waals surface area contributed by atoms with Crippen LogP contribution in [0.5, 0.6) is 11.5 Å². The first-order valence-corrected chi connectivity index (χ1v) is 7.94. The van der Waals surface area contributed by atoms with Crippen molar-refractivity contribution >= 4 is 5.91 Å². The average molecular weight is 305 g/mol. The molecule has 1 aromatic rings. The maximum absolute atomic E-state index is 12.4. The quantitative estimate of drug-likeness (QED) is 0.855. The van der Waals surface area contributed by atoms with Crippen molar-refractivity contribution in [3.63, 3.8) is 0 Å². The van der Waals surface area contributed by atoms with Crippen molar-refractivity contribution in [1.29, 1.82) is 0 Å². The Morgan fingerprint density at radius 3 is 2.55 bits per heavy atom. The number of likely N-dealkylation sites (tertiary alicyclic amines) is 1. The van der Waals surface area contributed by atoms with E-state index in [0.29, 0.717) is 13.2 Å². The Balaban J connectivity index is 1.52. The fraction of sp³-hybridized carbons (Fsp3) is 0.588. The minimum Gasteiger partial charge on any atom is -0.493 e. The molecular weight excluding hydrogens is 282 g/mol. The molecule has 2 aliphatic rings. The Morgan fingerprint density at radius 2 is 1.91 bits per heavy atom. The smallest absolute Gasteiger partial charge is 0.228 e. The van der Waals surface area contributed by atoms with Crippen LogP contribution in [-0.4, -0.2) is 50.3 Å². The van der Waals surface area contributed by atoms with E-state index in [9.17, 15) is 4.79 Å². The molecule has 2 saturated heterocycles. The molecule has 22 heavy (non-hydrogen) atoms. The van der Waals surface area contributed by atoms with Gasteiger partial charge in [-0.3, -0.25) is 4.79 Å². The molecular formula is C17H23NO4. The van der Waals surface area contributed by atoms with Crippen LogP contribution in [0.15, 0.2) is 24.3 Å². The van der Waals surface area contributed by atoms with E-state index in [1.54, 1.807) is 7.11 Å². The van der Waals surface area contributed by atoms with E-state index < -0.39 is 0 Å². The lowest BCUT2D eigenvalue weighted by Crippen LogP contribution is -2.44. The Morgan fingerprint density at radius 1 is 1.18 bits per heavy atom. The van der Waals surface area contributed by atoms with Crippen molar-refractivity contribution in [2.45, 2.75) is 25.4 Å². The van der Waals surface area contributed by atoms with E-state index in [2.05, 4.69) is 0 Å². The highest BCUT2D eigenvalue weighted by Crippen LogP contribution is 2.29. The van der Waals surface area contributed by atoms with Gasteiger partial charge in [0.15, 0.2) is 11.5 Å². The summed E-state index contributed by atoms with van der Waals surface area (Å²) in [6.45, 7) is 2.81. The summed E-state index contributed by atoms with van der Waals surface area (Å²) in [4.78, 5) is 14.3. The fourth-order valence-corrected chi connectivity index (χ4v) is 3.08. The monoisotopic (exact) mass is 305 g/mol. The van der Waals surface area contributed by atoms with Gasteiger partial charge in [0, 0.05) is 32.5 Å². The number of piperidine rings is 1. The third-order valence-corrected chi connectivity index (χ3v) is 4.40. The third kappa shape index (κ3) is 3.35. The number of hydrogen-bond acceptors (Lipinski definition) is 4. The topological polar surface area (TPSA) is 48.0 Å². The molecule has 0 spiro atoms. The molecule has 0 aromatic heterocycles. The van der Waals surface area contributed by atoms with Gasteiger partial charge in [-0.25, -0.2) is 0 Å². The van der Waals surface area contributed by atoms with Crippen molar-refractivity contribution < 1.29 is 19.0 Å². The second-order valence-electron chi connectivity index (χ2n) is 5.85. The first-order valence-electron chi connectivity index (χ1n) is 7.94. The minimum atomic E-state index is 0.0617. The fourth-order valence-electron chi connectivity index (χ4n) is 3.08. The standard InChI is InChI=1S/C17H23NO4/c1-20-15-4-2-3-5-16(15)22-14-6-9-18(10-7-14)17(19)13-8-11-21-12-13/h2-5,13-14H,6-12H2,1H3. The van der Waals surface area contributed by atoms with Crippen molar-refractivity contribution in [2.75, 3.05) is 33.4 Å². The number of carbonyl (C=O) groups is 1. The van der Waals surface area contributed by atoms with Gasteiger partial charge in [-0.1, -0.05) is 12.1 Å². The van der Waals surface area contributed by atoms with Crippen LogP contribution in [-0.2, 0) is 9.53 Å². The number of rotatable bonds is 4. The average Bonchev–Trinajstić information content (AvgIpc) is 3.10. The maximum Gasteiger partial charge on any atom is 0.228 e. The van der Waals surface area contributed by atoms with E-state index >= 15 is 0 Å². The van der Waals surface area contributed by atoms with Gasteiger partial charge in [0.2, 0.25) is 5.91 Å². The summed E-state index contributed by atoms with van der Waals surface area (Å²) in [6, 6.07) is 7.69. The molecule has 2 heterocycles. The summed E-state index contributed by atoms with van der Waals surface area (Å²) < 4.78 is 16.7. The van der Waals surface area contributed by atoms with Crippen LogP contribution in [0.3, 0.4) is 0 Å². The lowest BCUT2D eigenvalue weighted by molar-refractivity contribution is -0.137. The number of carbonyl (C=O) groups excluding carboxylic acids is 1. The molecule has 2 fully saturated rings. The highest BCUT2D eigenvalue weighted by Gasteiger charge is 2.31. The highest BCUT2D eigenvalue weighted by atomic mass is 16.5. The number of nitrogens with zero attached hydrogens (tertiary/aromatic N) is 1. The van der Waals surface area contributed by atoms with E-state index in [0.717, 1.165) is 43.9 Å². The molecule has 1 atom stereocenters. The molecule has 5 heteroatoms. The largest absolute Gasteiger partial charge is 0.493 e. The Hall–Kier alpha value is -1.75. The van der Waals surface area contributed by atoms with Gasteiger partial charge in [0.25, 0.3) is 0 Å². The zero-order valence-corrected chi connectivity index (χ0v) is 13.0. The van der Waals surface area contributed by atoms with E-state index in [1.165, 1.54) is 0 Å². The number of hydrogen-bond donors (Lipinski definition) is 0. The van der Waals surface area contributed by atoms with Gasteiger partial charge in [-0.05, 0) is 18.6 Å². The zero-order valence-electron chi connectivity index (χ0n) is 13.0. The predicted octanol–water partition coefficient (Wildman–Crippen LogP) is 2.10. The molecule has 0 aliphatic carbocycles. The van der Waals surface area contributed by atoms with Gasteiger partial charge < -0.3 is 19.1 Å². The molecule has 0 saturated carbocycles. The molecule has 3 rings (SSSR count). The van der Waals surface area contributed by atoms with Gasteiger partial charge in [0.1, 0.15) is 6.10 Å². The maximum atomic E-state index is 12.4. The summed E-state index contributed by atoms with van der Waals surface area (Å²) in [5.41, 5.74) is 0. The van der Waals surface area contributed by atoms with Crippen molar-refractivity contribution in [3.05, 3.63) is 24.3 Å². The number of methoxy groups -OCH3 is 1. The molecule has 0 N–H and O–H groups in total. The Labute approximate surface area is 131 Å². The van der Waals surface area contributed by atoms with Crippen LogP contribution in [0, 0.1) is 5.92 Å². The summed E-state index contributed by atoms with van der Waals surface area (Å²) in [7, 11) is 1.65. The SMILES string of the molecule is COc1ccccc1OC1CCN(C(=O)C2CCOC2)CC1. The van der Waals surface area contributed by atoms with Crippen molar-refractivity contribution in [1.82, 2.24) is 4.90 Å². The molecule has 0 radical (unpaired) electrons. The molecule has 1 aromatic carbocycles. The number of amides is 1. The Kier molecular flexibility index (Phi) is 4.83. The third-order valence-electron chi connectivity index (χ3n) is 4.40. The van der Waals surface area contributed by atoms with Crippen LogP contribution in [0.2, 0.25) is 0 Å². The highest BCUT2D eigenvalue weighted by molar-refractivity contribution is 5.79. The molecule has 5 nitrogen and oxygen atoms in total. The lowest BCUT2D eigenvalue weighted by atomic mass is 10.0. The van der Waals surface area contributed by atoms with Gasteiger partial charge in [-0.2, -0.15) is 0 Å². The second-order valence-corrected chi connectivity index (χ2v) is 5.85. The van der Waals surface area contributed by atoms with Gasteiger partial charge >= 0.3 is 0 Å². The van der Waals surface area contributed by atoms with Gasteiger partial charge in [0.05, 0.1) is 19.6 Å². The summed E-state index contributed by atoms with van der Waals surface area (Å²) in [5, 5.41) is 0. The second kappa shape index (κ2) is 7.01. The van der Waals surface area contributed by atoms with Gasteiger partial charge in [-0.15, -0.1) is 0 Å². The van der Waals surface area contributed by atoms with E-state index in [1.807, 2.05) is 29.2 Å². The molecule has 1 amide bonds. The van der Waals surface area contributed by atoms with E-state index in [-0.39, 0.29) is 17.9 Å². The number of ether oxygens (including phenoxy) is 3. The molecule has 120 valence electrons. The first-order chi connectivity index (χ1) is 10.8. The van der Waals surface area contributed by atoms with E-state index in [4.69, 9.17) is 14.2 Å². The van der Waals surface area contributed by atoms with Crippen LogP contribution < -0.4 is 9.47 Å². The first kappa shape index (κ1) is 15.2. The van der Waals surface area contributed by atoms with Crippen molar-refractivity contribution in [3.8, 4) is 11.5 Å². The number of benzene rings is 1. The predicted molar refractivity (Wildman–Crippen MR) is 82.2 cm³/mol. The van der Waals surface area contributed by atoms with Crippen molar-refractivity contribution in [2.24, 2.45) is 5.92 Å². The Bertz CT molecular complexity index is 505. The number of para-hydroxylation sites is 2. The summed E-state index contributed by atoms with van der Waals surface area (Å²) in [5.74, 6) is 1.84. The lowest BCUT2D eigenvalue weighted by Gasteiger charge is -2.33. The van der Waals surface area contributed by atoms with Crippen LogP contribution in [0.1, 0.15) is 19.3 Å². The molecule has 0 bridgehead atoms. The van der Waals surface area contributed by atoms with Crippen LogP contribution in [0.25, 0.3) is 0 Å². The molecule has 2 aliphatic heterocycles.